The second kappa shape index (κ2) is 5.38. The average molecular weight is 285 g/mol. The summed E-state index contributed by atoms with van der Waals surface area (Å²) in [6, 6.07) is 10.1. The molecule has 3 rings (SSSR count). The number of carbonyl (C=O) groups is 1. The van der Waals surface area contributed by atoms with Gasteiger partial charge in [0.2, 0.25) is 5.91 Å². The first kappa shape index (κ1) is 13.9. The average Bonchev–Trinajstić information content (AvgIpc) is 2.55. The number of fused-ring (bicyclic) bond motifs is 1. The molecule has 0 aliphatic carbocycles. The van der Waals surface area contributed by atoms with Crippen molar-refractivity contribution in [2.45, 2.75) is 12.8 Å². The first-order valence-electron chi connectivity index (χ1n) is 7.29. The number of hydrogen-bond donors (Lipinski definition) is 0. The Balaban J connectivity index is 1.96. The third-order valence-electron chi connectivity index (χ3n) is 4.46. The SMILES string of the molecule is CN1CCN(C(=O)C2(C#N)CCOCC2)c2ccccc21. The molecule has 110 valence electrons. The van der Waals surface area contributed by atoms with Crippen LogP contribution in [0.3, 0.4) is 0 Å². The van der Waals surface area contributed by atoms with Crippen molar-refractivity contribution in [1.29, 1.82) is 5.26 Å². The molecule has 0 spiro atoms. The molecule has 1 amide bonds. The quantitative estimate of drug-likeness (QED) is 0.789. The number of anilines is 2. The maximum Gasteiger partial charge on any atom is 0.247 e. The largest absolute Gasteiger partial charge is 0.381 e. The van der Waals surface area contributed by atoms with Crippen molar-refractivity contribution in [2.24, 2.45) is 5.41 Å². The number of benzene rings is 1. The highest BCUT2D eigenvalue weighted by Gasteiger charge is 2.44. The lowest BCUT2D eigenvalue weighted by Gasteiger charge is -2.40. The normalized spacial score (nSPS) is 20.6. The highest BCUT2D eigenvalue weighted by molar-refractivity contribution is 6.02. The Hall–Kier alpha value is -2.06. The molecule has 0 atom stereocenters. The summed E-state index contributed by atoms with van der Waals surface area (Å²) in [7, 11) is 2.02. The molecular weight excluding hydrogens is 266 g/mol. The molecule has 1 fully saturated rings. The van der Waals surface area contributed by atoms with Crippen molar-refractivity contribution in [3.63, 3.8) is 0 Å². The van der Waals surface area contributed by atoms with E-state index in [0.717, 1.165) is 17.9 Å². The zero-order valence-electron chi connectivity index (χ0n) is 12.2. The minimum absolute atomic E-state index is 0.0751. The van der Waals surface area contributed by atoms with E-state index in [4.69, 9.17) is 4.74 Å². The predicted octanol–water partition coefficient (Wildman–Crippen LogP) is 1.79. The van der Waals surface area contributed by atoms with Crippen molar-refractivity contribution < 1.29 is 9.53 Å². The van der Waals surface area contributed by atoms with Gasteiger partial charge in [-0.1, -0.05) is 12.1 Å². The number of rotatable bonds is 1. The Kier molecular flexibility index (Phi) is 3.56. The van der Waals surface area contributed by atoms with Crippen LogP contribution in [-0.2, 0) is 9.53 Å². The van der Waals surface area contributed by atoms with E-state index < -0.39 is 5.41 Å². The standard InChI is InChI=1S/C16H19N3O2/c1-18-8-9-19(14-5-3-2-4-13(14)18)15(20)16(12-17)6-10-21-11-7-16/h2-5H,6-11H2,1H3. The Bertz CT molecular complexity index is 587. The smallest absolute Gasteiger partial charge is 0.247 e. The summed E-state index contributed by atoms with van der Waals surface area (Å²) in [4.78, 5) is 16.9. The van der Waals surface area contributed by atoms with Gasteiger partial charge in [0.1, 0.15) is 5.41 Å². The molecule has 1 saturated heterocycles. The van der Waals surface area contributed by atoms with Gasteiger partial charge in [-0.2, -0.15) is 5.26 Å². The van der Waals surface area contributed by atoms with E-state index in [2.05, 4.69) is 11.0 Å². The Morgan fingerprint density at radius 2 is 1.90 bits per heavy atom. The van der Waals surface area contributed by atoms with Gasteiger partial charge in [0, 0.05) is 33.4 Å². The van der Waals surface area contributed by atoms with Crippen LogP contribution in [0, 0.1) is 16.7 Å². The van der Waals surface area contributed by atoms with Crippen molar-refractivity contribution in [1.82, 2.24) is 0 Å². The van der Waals surface area contributed by atoms with E-state index in [1.54, 1.807) is 4.90 Å². The molecule has 2 aliphatic rings. The predicted molar refractivity (Wildman–Crippen MR) is 80.2 cm³/mol. The van der Waals surface area contributed by atoms with Gasteiger partial charge < -0.3 is 14.5 Å². The summed E-state index contributed by atoms with van der Waals surface area (Å²) >= 11 is 0. The van der Waals surface area contributed by atoms with Crippen LogP contribution in [0.4, 0.5) is 11.4 Å². The minimum Gasteiger partial charge on any atom is -0.381 e. The molecule has 5 heteroatoms. The number of carbonyl (C=O) groups excluding carboxylic acids is 1. The van der Waals surface area contributed by atoms with Gasteiger partial charge in [0.15, 0.2) is 0 Å². The molecule has 0 saturated carbocycles. The molecule has 5 nitrogen and oxygen atoms in total. The number of para-hydroxylation sites is 2. The molecular formula is C16H19N3O2. The number of nitrogens with zero attached hydrogens (tertiary/aromatic N) is 3. The lowest BCUT2D eigenvalue weighted by molar-refractivity contribution is -0.129. The van der Waals surface area contributed by atoms with Gasteiger partial charge in [-0.05, 0) is 25.0 Å². The van der Waals surface area contributed by atoms with E-state index in [0.29, 0.717) is 32.6 Å². The maximum absolute atomic E-state index is 13.0. The van der Waals surface area contributed by atoms with E-state index in [1.807, 2.05) is 31.3 Å². The molecule has 1 aromatic rings. The Morgan fingerprint density at radius 3 is 2.57 bits per heavy atom. The van der Waals surface area contributed by atoms with Crippen LogP contribution < -0.4 is 9.80 Å². The molecule has 2 heterocycles. The monoisotopic (exact) mass is 285 g/mol. The molecule has 2 aliphatic heterocycles. The zero-order valence-corrected chi connectivity index (χ0v) is 12.2. The summed E-state index contributed by atoms with van der Waals surface area (Å²) in [5.74, 6) is -0.0751. The lowest BCUT2D eigenvalue weighted by atomic mass is 9.80. The minimum atomic E-state index is -0.929. The first-order chi connectivity index (χ1) is 10.2. The fourth-order valence-electron chi connectivity index (χ4n) is 3.07. The molecule has 0 bridgehead atoms. The lowest BCUT2D eigenvalue weighted by Crippen LogP contribution is -2.50. The van der Waals surface area contributed by atoms with Crippen LogP contribution in [0.5, 0.6) is 0 Å². The molecule has 0 radical (unpaired) electrons. The van der Waals surface area contributed by atoms with Crippen LogP contribution in [0.15, 0.2) is 24.3 Å². The number of likely N-dealkylation sites (N-methyl/N-ethyl adjacent to an activating group) is 1. The topological polar surface area (TPSA) is 56.6 Å². The third kappa shape index (κ3) is 2.26. The van der Waals surface area contributed by atoms with Crippen LogP contribution in [0.25, 0.3) is 0 Å². The van der Waals surface area contributed by atoms with Gasteiger partial charge in [0.25, 0.3) is 0 Å². The van der Waals surface area contributed by atoms with Crippen LogP contribution >= 0.6 is 0 Å². The van der Waals surface area contributed by atoms with E-state index in [1.165, 1.54) is 0 Å². The first-order valence-corrected chi connectivity index (χ1v) is 7.29. The fourth-order valence-corrected chi connectivity index (χ4v) is 3.07. The summed E-state index contributed by atoms with van der Waals surface area (Å²) < 4.78 is 5.32. The number of hydrogen-bond acceptors (Lipinski definition) is 4. The van der Waals surface area contributed by atoms with Crippen molar-refractivity contribution in [3.8, 4) is 6.07 Å². The van der Waals surface area contributed by atoms with Gasteiger partial charge in [-0.3, -0.25) is 4.79 Å². The Morgan fingerprint density at radius 1 is 1.24 bits per heavy atom. The van der Waals surface area contributed by atoms with Crippen LogP contribution in [0.1, 0.15) is 12.8 Å². The van der Waals surface area contributed by atoms with E-state index >= 15 is 0 Å². The summed E-state index contributed by atoms with van der Waals surface area (Å²) in [5.41, 5.74) is 1.01. The maximum atomic E-state index is 13.0. The fraction of sp³-hybridized carbons (Fsp3) is 0.500. The Labute approximate surface area is 124 Å². The highest BCUT2D eigenvalue weighted by Crippen LogP contribution is 2.38. The van der Waals surface area contributed by atoms with Gasteiger partial charge >= 0.3 is 0 Å². The second-order valence-electron chi connectivity index (χ2n) is 5.67. The van der Waals surface area contributed by atoms with Gasteiger partial charge in [-0.25, -0.2) is 0 Å². The molecule has 21 heavy (non-hydrogen) atoms. The van der Waals surface area contributed by atoms with E-state index in [-0.39, 0.29) is 5.91 Å². The van der Waals surface area contributed by atoms with Crippen molar-refractivity contribution in [2.75, 3.05) is 43.2 Å². The number of ether oxygens (including phenoxy) is 1. The van der Waals surface area contributed by atoms with Crippen LogP contribution in [0.2, 0.25) is 0 Å². The van der Waals surface area contributed by atoms with Gasteiger partial charge in [0.05, 0.1) is 17.4 Å². The number of nitriles is 1. The molecule has 0 N–H and O–H groups in total. The van der Waals surface area contributed by atoms with Crippen molar-refractivity contribution >= 4 is 17.3 Å². The van der Waals surface area contributed by atoms with Crippen LogP contribution in [-0.4, -0.2) is 39.3 Å². The second-order valence-corrected chi connectivity index (χ2v) is 5.67. The number of amides is 1. The highest BCUT2D eigenvalue weighted by atomic mass is 16.5. The van der Waals surface area contributed by atoms with E-state index in [9.17, 15) is 10.1 Å². The molecule has 0 aromatic heterocycles. The zero-order chi connectivity index (χ0) is 14.9. The summed E-state index contributed by atoms with van der Waals surface area (Å²) in [6.45, 7) is 2.36. The van der Waals surface area contributed by atoms with Gasteiger partial charge in [-0.15, -0.1) is 0 Å². The van der Waals surface area contributed by atoms with Crippen molar-refractivity contribution in [3.05, 3.63) is 24.3 Å². The molecule has 0 unspecified atom stereocenters. The summed E-state index contributed by atoms with van der Waals surface area (Å²) in [5, 5.41) is 9.58. The molecule has 1 aromatic carbocycles. The summed E-state index contributed by atoms with van der Waals surface area (Å²) in [6.07, 6.45) is 0.966. The third-order valence-corrected chi connectivity index (χ3v) is 4.46.